The lowest BCUT2D eigenvalue weighted by Gasteiger charge is -2.29. The zero-order valence-corrected chi connectivity index (χ0v) is 18.7. The standard InChI is InChI=1S/C25H35N5O/c1-3-9-24(31)29-22-14-12-20(13-15-22)18-27-25(26-2)28-19-23(30-16-7-8-17-30)21-10-5-4-6-11-21/h4-6,10-15,23H,3,7-9,16-19H2,1-2H3,(H,29,31)(H2,26,27,28). The van der Waals surface area contributed by atoms with Gasteiger partial charge in [0.2, 0.25) is 5.91 Å². The Balaban J connectivity index is 1.52. The van der Waals surface area contributed by atoms with Crippen molar-refractivity contribution < 1.29 is 4.79 Å². The van der Waals surface area contributed by atoms with Crippen LogP contribution in [0.15, 0.2) is 59.6 Å². The number of hydrogen-bond donors (Lipinski definition) is 3. The molecule has 6 nitrogen and oxygen atoms in total. The number of carbonyl (C=O) groups excluding carboxylic acids is 1. The molecule has 1 aliphatic rings. The Morgan fingerprint density at radius 1 is 1.03 bits per heavy atom. The van der Waals surface area contributed by atoms with Gasteiger partial charge in [0.05, 0.1) is 6.04 Å². The van der Waals surface area contributed by atoms with E-state index in [0.717, 1.165) is 43.3 Å². The Morgan fingerprint density at radius 2 is 1.74 bits per heavy atom. The topological polar surface area (TPSA) is 68.8 Å². The van der Waals surface area contributed by atoms with Gasteiger partial charge in [-0.1, -0.05) is 49.4 Å². The minimum atomic E-state index is 0.0592. The molecule has 166 valence electrons. The summed E-state index contributed by atoms with van der Waals surface area (Å²) in [5.74, 6) is 0.851. The largest absolute Gasteiger partial charge is 0.354 e. The first-order chi connectivity index (χ1) is 15.2. The van der Waals surface area contributed by atoms with Gasteiger partial charge in [-0.2, -0.15) is 0 Å². The summed E-state index contributed by atoms with van der Waals surface area (Å²) in [7, 11) is 1.80. The normalized spacial score (nSPS) is 15.5. The molecule has 3 N–H and O–H groups in total. The van der Waals surface area contributed by atoms with Gasteiger partial charge in [-0.3, -0.25) is 14.7 Å². The van der Waals surface area contributed by atoms with Crippen molar-refractivity contribution in [2.75, 3.05) is 32.0 Å². The second-order valence-corrected chi connectivity index (χ2v) is 7.97. The van der Waals surface area contributed by atoms with Gasteiger partial charge in [0.1, 0.15) is 0 Å². The van der Waals surface area contributed by atoms with Gasteiger partial charge >= 0.3 is 0 Å². The van der Waals surface area contributed by atoms with Gasteiger partial charge < -0.3 is 16.0 Å². The van der Waals surface area contributed by atoms with Crippen LogP contribution in [0, 0.1) is 0 Å². The first-order valence-corrected chi connectivity index (χ1v) is 11.3. The average molecular weight is 422 g/mol. The second kappa shape index (κ2) is 12.1. The SMILES string of the molecule is CCCC(=O)Nc1ccc(CNC(=NC)NCC(c2ccccc2)N2CCCC2)cc1. The lowest BCUT2D eigenvalue weighted by Crippen LogP contribution is -2.42. The molecule has 3 rings (SSSR count). The molecular formula is C25H35N5O. The summed E-state index contributed by atoms with van der Waals surface area (Å²) >= 11 is 0. The lowest BCUT2D eigenvalue weighted by molar-refractivity contribution is -0.116. The molecule has 0 saturated carbocycles. The molecular weight excluding hydrogens is 386 g/mol. The molecule has 0 spiro atoms. The summed E-state index contributed by atoms with van der Waals surface area (Å²) in [5, 5.41) is 9.82. The highest BCUT2D eigenvalue weighted by molar-refractivity contribution is 5.90. The third-order valence-corrected chi connectivity index (χ3v) is 5.63. The van der Waals surface area contributed by atoms with Crippen molar-refractivity contribution in [3.63, 3.8) is 0 Å². The van der Waals surface area contributed by atoms with E-state index in [1.165, 1.54) is 18.4 Å². The molecule has 1 saturated heterocycles. The van der Waals surface area contributed by atoms with Crippen molar-refractivity contribution in [2.45, 2.75) is 45.2 Å². The van der Waals surface area contributed by atoms with E-state index in [-0.39, 0.29) is 5.91 Å². The number of guanidine groups is 1. The highest BCUT2D eigenvalue weighted by Gasteiger charge is 2.23. The molecule has 0 bridgehead atoms. The van der Waals surface area contributed by atoms with Crippen molar-refractivity contribution in [1.82, 2.24) is 15.5 Å². The van der Waals surface area contributed by atoms with E-state index < -0.39 is 0 Å². The van der Waals surface area contributed by atoms with E-state index in [0.29, 0.717) is 19.0 Å². The first kappa shape index (κ1) is 22.8. The van der Waals surface area contributed by atoms with Gasteiger partial charge in [0, 0.05) is 32.2 Å². The number of aliphatic imine (C=N–C) groups is 1. The van der Waals surface area contributed by atoms with Crippen molar-refractivity contribution >= 4 is 17.6 Å². The Bertz CT molecular complexity index is 829. The minimum absolute atomic E-state index is 0.0592. The van der Waals surface area contributed by atoms with Crippen molar-refractivity contribution in [3.8, 4) is 0 Å². The van der Waals surface area contributed by atoms with Crippen LogP contribution in [0.1, 0.15) is 49.8 Å². The first-order valence-electron chi connectivity index (χ1n) is 11.3. The summed E-state index contributed by atoms with van der Waals surface area (Å²) in [6, 6.07) is 19.0. The summed E-state index contributed by atoms with van der Waals surface area (Å²) in [5.41, 5.74) is 3.31. The van der Waals surface area contributed by atoms with Gasteiger partial charge in [-0.05, 0) is 55.6 Å². The van der Waals surface area contributed by atoms with Crippen LogP contribution >= 0.6 is 0 Å². The smallest absolute Gasteiger partial charge is 0.224 e. The summed E-state index contributed by atoms with van der Waals surface area (Å²) < 4.78 is 0. The number of amides is 1. The number of rotatable bonds is 9. The number of anilines is 1. The van der Waals surface area contributed by atoms with Crippen LogP contribution in [0.5, 0.6) is 0 Å². The highest BCUT2D eigenvalue weighted by Crippen LogP contribution is 2.24. The quantitative estimate of drug-likeness (QED) is 0.424. The maximum absolute atomic E-state index is 11.7. The number of hydrogen-bond acceptors (Lipinski definition) is 3. The second-order valence-electron chi connectivity index (χ2n) is 7.97. The van der Waals surface area contributed by atoms with Crippen LogP contribution in [0.25, 0.3) is 0 Å². The number of carbonyl (C=O) groups is 1. The summed E-state index contributed by atoms with van der Waals surface area (Å²) in [6.45, 7) is 5.78. The predicted octanol–water partition coefficient (Wildman–Crippen LogP) is 3.93. The fourth-order valence-electron chi connectivity index (χ4n) is 3.94. The zero-order chi connectivity index (χ0) is 21.9. The van der Waals surface area contributed by atoms with Crippen LogP contribution in [-0.2, 0) is 11.3 Å². The van der Waals surface area contributed by atoms with E-state index in [1.807, 2.05) is 31.2 Å². The Labute approximate surface area is 186 Å². The van der Waals surface area contributed by atoms with E-state index >= 15 is 0 Å². The van der Waals surface area contributed by atoms with Crippen molar-refractivity contribution in [3.05, 3.63) is 65.7 Å². The number of likely N-dealkylation sites (tertiary alicyclic amines) is 1. The third-order valence-electron chi connectivity index (χ3n) is 5.63. The van der Waals surface area contributed by atoms with Crippen LogP contribution < -0.4 is 16.0 Å². The van der Waals surface area contributed by atoms with Gasteiger partial charge in [-0.15, -0.1) is 0 Å². The highest BCUT2D eigenvalue weighted by atomic mass is 16.1. The maximum Gasteiger partial charge on any atom is 0.224 e. The fraction of sp³-hybridized carbons (Fsp3) is 0.440. The summed E-state index contributed by atoms with van der Waals surface area (Å²) in [4.78, 5) is 18.7. The van der Waals surface area contributed by atoms with Crippen molar-refractivity contribution in [2.24, 2.45) is 4.99 Å². The van der Waals surface area contributed by atoms with Gasteiger partial charge in [0.25, 0.3) is 0 Å². The average Bonchev–Trinajstić information content (AvgIpc) is 3.32. The third kappa shape index (κ3) is 7.10. The lowest BCUT2D eigenvalue weighted by atomic mass is 10.1. The Morgan fingerprint density at radius 3 is 2.39 bits per heavy atom. The molecule has 1 atom stereocenters. The van der Waals surface area contributed by atoms with Gasteiger partial charge in [0.15, 0.2) is 5.96 Å². The van der Waals surface area contributed by atoms with E-state index in [1.54, 1.807) is 7.05 Å². The molecule has 0 aromatic heterocycles. The maximum atomic E-state index is 11.7. The van der Waals surface area contributed by atoms with Crippen LogP contribution in [0.4, 0.5) is 5.69 Å². The number of nitrogens with zero attached hydrogens (tertiary/aromatic N) is 2. The Hall–Kier alpha value is -2.86. The monoisotopic (exact) mass is 421 g/mol. The van der Waals surface area contributed by atoms with Crippen molar-refractivity contribution in [1.29, 1.82) is 0 Å². The number of benzene rings is 2. The predicted molar refractivity (Wildman–Crippen MR) is 128 cm³/mol. The van der Waals surface area contributed by atoms with Crippen LogP contribution in [0.2, 0.25) is 0 Å². The molecule has 31 heavy (non-hydrogen) atoms. The molecule has 2 aromatic carbocycles. The molecule has 1 fully saturated rings. The zero-order valence-electron chi connectivity index (χ0n) is 18.7. The van der Waals surface area contributed by atoms with Crippen LogP contribution in [-0.4, -0.2) is 43.4 Å². The van der Waals surface area contributed by atoms with E-state index in [4.69, 9.17) is 0 Å². The Kier molecular flexibility index (Phi) is 8.91. The molecule has 1 heterocycles. The molecule has 1 aliphatic heterocycles. The molecule has 1 amide bonds. The molecule has 0 aliphatic carbocycles. The van der Waals surface area contributed by atoms with E-state index in [2.05, 4.69) is 56.2 Å². The number of nitrogens with one attached hydrogen (secondary N) is 3. The molecule has 1 unspecified atom stereocenters. The fourth-order valence-corrected chi connectivity index (χ4v) is 3.94. The van der Waals surface area contributed by atoms with Gasteiger partial charge in [-0.25, -0.2) is 0 Å². The minimum Gasteiger partial charge on any atom is -0.354 e. The molecule has 2 aromatic rings. The molecule has 6 heteroatoms. The van der Waals surface area contributed by atoms with Crippen LogP contribution in [0.3, 0.4) is 0 Å². The van der Waals surface area contributed by atoms with E-state index in [9.17, 15) is 4.79 Å². The summed E-state index contributed by atoms with van der Waals surface area (Å²) in [6.07, 6.45) is 3.94. The molecule has 0 radical (unpaired) electrons.